The van der Waals surface area contributed by atoms with Crippen molar-refractivity contribution < 1.29 is 9.13 Å². The first-order valence-electron chi connectivity index (χ1n) is 7.37. The highest BCUT2D eigenvalue weighted by molar-refractivity contribution is 5.38. The molecule has 1 unspecified atom stereocenters. The van der Waals surface area contributed by atoms with Gasteiger partial charge in [-0.2, -0.15) is 0 Å². The first-order valence-corrected chi connectivity index (χ1v) is 7.37. The van der Waals surface area contributed by atoms with Crippen LogP contribution in [-0.2, 0) is 6.42 Å². The molecule has 0 saturated carbocycles. The first-order chi connectivity index (χ1) is 10.1. The number of benzene rings is 2. The van der Waals surface area contributed by atoms with Gasteiger partial charge in [0.2, 0.25) is 0 Å². The number of halogens is 1. The Morgan fingerprint density at radius 2 is 2.10 bits per heavy atom. The Morgan fingerprint density at radius 3 is 2.90 bits per heavy atom. The number of fused-ring (bicyclic) bond motifs is 1. The number of hydrogen-bond acceptors (Lipinski definition) is 2. The summed E-state index contributed by atoms with van der Waals surface area (Å²) in [6, 6.07) is 13.4. The maximum Gasteiger partial charge on any atom is 0.123 e. The third-order valence-electron chi connectivity index (χ3n) is 4.07. The molecule has 0 aliphatic carbocycles. The molecule has 0 saturated heterocycles. The van der Waals surface area contributed by atoms with Gasteiger partial charge in [0.1, 0.15) is 17.7 Å². The summed E-state index contributed by atoms with van der Waals surface area (Å²) < 4.78 is 19.0. The Bertz CT molecular complexity index is 641. The standard InChI is InChI=1S/C18H20FNO/c1-12-5-3-4-6-17(12)13(2)20-11-16-10-14-9-15(19)7-8-18(14)21-16/h3-9,13,16,20H,10-11H2,1-2H3/t13-,16?/m1/s1. The van der Waals surface area contributed by atoms with E-state index in [4.69, 9.17) is 4.74 Å². The second-order valence-electron chi connectivity index (χ2n) is 5.68. The largest absolute Gasteiger partial charge is 0.488 e. The van der Waals surface area contributed by atoms with Crippen molar-refractivity contribution in [3.63, 3.8) is 0 Å². The van der Waals surface area contributed by atoms with Gasteiger partial charge in [-0.05, 0) is 43.2 Å². The molecule has 21 heavy (non-hydrogen) atoms. The molecular weight excluding hydrogens is 265 g/mol. The number of hydrogen-bond donors (Lipinski definition) is 1. The van der Waals surface area contributed by atoms with Crippen molar-refractivity contribution in [3.05, 3.63) is 65.0 Å². The maximum absolute atomic E-state index is 13.2. The number of ether oxygens (including phenoxy) is 1. The lowest BCUT2D eigenvalue weighted by Crippen LogP contribution is -2.32. The SMILES string of the molecule is Cc1ccccc1[C@@H](C)NCC1Cc2cc(F)ccc2O1. The molecule has 0 bridgehead atoms. The second kappa shape index (κ2) is 5.86. The van der Waals surface area contributed by atoms with E-state index in [0.29, 0.717) is 0 Å². The fraction of sp³-hybridized carbons (Fsp3) is 0.333. The van der Waals surface area contributed by atoms with E-state index >= 15 is 0 Å². The van der Waals surface area contributed by atoms with Crippen molar-refractivity contribution in [2.24, 2.45) is 0 Å². The molecule has 3 rings (SSSR count). The van der Waals surface area contributed by atoms with Crippen molar-refractivity contribution in [2.45, 2.75) is 32.4 Å². The van der Waals surface area contributed by atoms with Gasteiger partial charge in [-0.25, -0.2) is 4.39 Å². The fourth-order valence-electron chi connectivity index (χ4n) is 2.89. The number of rotatable bonds is 4. The zero-order chi connectivity index (χ0) is 14.8. The van der Waals surface area contributed by atoms with Crippen LogP contribution in [0.3, 0.4) is 0 Å². The van der Waals surface area contributed by atoms with Crippen molar-refractivity contribution >= 4 is 0 Å². The lowest BCUT2D eigenvalue weighted by atomic mass is 10.0. The molecule has 1 heterocycles. The van der Waals surface area contributed by atoms with E-state index in [1.807, 2.05) is 0 Å². The Labute approximate surface area is 125 Å². The summed E-state index contributed by atoms with van der Waals surface area (Å²) in [6.45, 7) is 5.04. The highest BCUT2D eigenvalue weighted by atomic mass is 19.1. The second-order valence-corrected chi connectivity index (χ2v) is 5.68. The molecule has 2 aromatic rings. The van der Waals surface area contributed by atoms with Gasteiger partial charge >= 0.3 is 0 Å². The zero-order valence-electron chi connectivity index (χ0n) is 12.4. The van der Waals surface area contributed by atoms with Crippen LogP contribution in [0.2, 0.25) is 0 Å². The van der Waals surface area contributed by atoms with Crippen LogP contribution in [0.5, 0.6) is 5.75 Å². The maximum atomic E-state index is 13.2. The van der Waals surface area contributed by atoms with Crippen molar-refractivity contribution in [1.82, 2.24) is 5.32 Å². The Balaban J connectivity index is 1.59. The van der Waals surface area contributed by atoms with Crippen LogP contribution in [0.4, 0.5) is 4.39 Å². The van der Waals surface area contributed by atoms with E-state index in [0.717, 1.165) is 24.3 Å². The summed E-state index contributed by atoms with van der Waals surface area (Å²) in [5, 5.41) is 3.51. The molecule has 2 nitrogen and oxygen atoms in total. The molecule has 0 spiro atoms. The topological polar surface area (TPSA) is 21.3 Å². The number of nitrogens with one attached hydrogen (secondary N) is 1. The third kappa shape index (κ3) is 3.08. The molecule has 1 N–H and O–H groups in total. The Kier molecular flexibility index (Phi) is 3.93. The van der Waals surface area contributed by atoms with Crippen LogP contribution in [0.15, 0.2) is 42.5 Å². The van der Waals surface area contributed by atoms with E-state index in [-0.39, 0.29) is 18.0 Å². The molecule has 2 atom stereocenters. The van der Waals surface area contributed by atoms with Crippen molar-refractivity contribution in [3.8, 4) is 5.75 Å². The molecule has 0 fully saturated rings. The van der Waals surface area contributed by atoms with Gasteiger partial charge in [-0.3, -0.25) is 0 Å². The Hall–Kier alpha value is -1.87. The first kappa shape index (κ1) is 14.1. The average Bonchev–Trinajstić information content (AvgIpc) is 2.87. The lowest BCUT2D eigenvalue weighted by Gasteiger charge is -2.19. The zero-order valence-corrected chi connectivity index (χ0v) is 12.4. The van der Waals surface area contributed by atoms with Crippen molar-refractivity contribution in [1.29, 1.82) is 0 Å². The predicted molar refractivity (Wildman–Crippen MR) is 82.1 cm³/mol. The number of aryl methyl sites for hydroxylation is 1. The quantitative estimate of drug-likeness (QED) is 0.923. The van der Waals surface area contributed by atoms with Gasteiger partial charge in [0.25, 0.3) is 0 Å². The van der Waals surface area contributed by atoms with Gasteiger partial charge in [0.15, 0.2) is 0 Å². The molecule has 0 amide bonds. The van der Waals surface area contributed by atoms with Gasteiger partial charge in [-0.15, -0.1) is 0 Å². The fourth-order valence-corrected chi connectivity index (χ4v) is 2.89. The molecule has 0 radical (unpaired) electrons. The summed E-state index contributed by atoms with van der Waals surface area (Å²) in [5.74, 6) is 0.617. The normalized spacial score (nSPS) is 18.1. The van der Waals surface area contributed by atoms with Crippen LogP contribution in [0, 0.1) is 12.7 Å². The van der Waals surface area contributed by atoms with Crippen LogP contribution in [0.1, 0.15) is 29.7 Å². The van der Waals surface area contributed by atoms with Crippen LogP contribution < -0.4 is 10.1 Å². The third-order valence-corrected chi connectivity index (χ3v) is 4.07. The molecule has 1 aliphatic rings. The van der Waals surface area contributed by atoms with Gasteiger partial charge in [0.05, 0.1) is 0 Å². The molecule has 3 heteroatoms. The summed E-state index contributed by atoms with van der Waals surface area (Å²) in [6.07, 6.45) is 0.842. The average molecular weight is 285 g/mol. The minimum Gasteiger partial charge on any atom is -0.488 e. The van der Waals surface area contributed by atoms with E-state index in [1.54, 1.807) is 12.1 Å². The van der Waals surface area contributed by atoms with Crippen LogP contribution in [-0.4, -0.2) is 12.6 Å². The van der Waals surface area contributed by atoms with Crippen molar-refractivity contribution in [2.75, 3.05) is 6.54 Å². The predicted octanol–water partition coefficient (Wildman–Crippen LogP) is 3.79. The van der Waals surface area contributed by atoms with E-state index in [2.05, 4.69) is 43.4 Å². The smallest absolute Gasteiger partial charge is 0.123 e. The summed E-state index contributed by atoms with van der Waals surface area (Å²) in [4.78, 5) is 0. The highest BCUT2D eigenvalue weighted by Crippen LogP contribution is 2.29. The minimum atomic E-state index is -0.195. The van der Waals surface area contributed by atoms with Crippen LogP contribution in [0.25, 0.3) is 0 Å². The van der Waals surface area contributed by atoms with Crippen LogP contribution >= 0.6 is 0 Å². The van der Waals surface area contributed by atoms with Gasteiger partial charge < -0.3 is 10.1 Å². The van der Waals surface area contributed by atoms with E-state index in [9.17, 15) is 4.39 Å². The summed E-state index contributed by atoms with van der Waals surface area (Å²) in [5.41, 5.74) is 3.56. The minimum absolute atomic E-state index is 0.0771. The molecular formula is C18H20FNO. The summed E-state index contributed by atoms with van der Waals surface area (Å²) >= 11 is 0. The molecule has 110 valence electrons. The van der Waals surface area contributed by atoms with E-state index < -0.39 is 0 Å². The van der Waals surface area contributed by atoms with Gasteiger partial charge in [-0.1, -0.05) is 24.3 Å². The molecule has 2 aromatic carbocycles. The molecule has 1 aliphatic heterocycles. The highest BCUT2D eigenvalue weighted by Gasteiger charge is 2.23. The summed E-state index contributed by atoms with van der Waals surface area (Å²) in [7, 11) is 0. The lowest BCUT2D eigenvalue weighted by molar-refractivity contribution is 0.222. The molecule has 0 aromatic heterocycles. The van der Waals surface area contributed by atoms with E-state index in [1.165, 1.54) is 17.2 Å². The van der Waals surface area contributed by atoms with Gasteiger partial charge in [0, 0.05) is 24.6 Å². The Morgan fingerprint density at radius 1 is 1.29 bits per heavy atom. The monoisotopic (exact) mass is 285 g/mol.